The van der Waals surface area contributed by atoms with Crippen molar-refractivity contribution in [3.8, 4) is 33.5 Å². The van der Waals surface area contributed by atoms with Crippen LogP contribution in [0.15, 0.2) is 139 Å². The Morgan fingerprint density at radius 1 is 0.536 bits per heavy atom. The standard InChI is InChI=1S/C53H44N2S/c1-30-21-31(2)49(32(3)22-30)38-16-19-42-44(25-38)43-26-39(50-33(4)27-53(6,7)28-34(50)5)15-18-41(43)51-52(42)55-46(29-54-51)37-12-10-11-35(23-37)36-17-20-48-45(24-36)40-13-8-9-14-47(40)56-48/h8-27,29H,28H2,1-7H3. The largest absolute Gasteiger partial charge is 0.252 e. The molecule has 0 saturated heterocycles. The summed E-state index contributed by atoms with van der Waals surface area (Å²) in [5.74, 6) is 0. The number of benzene rings is 7. The second-order valence-corrected chi connectivity index (χ2v) is 17.9. The van der Waals surface area contributed by atoms with Crippen LogP contribution in [0.5, 0.6) is 0 Å². The normalized spacial score (nSPS) is 14.4. The van der Waals surface area contributed by atoms with Gasteiger partial charge in [0.15, 0.2) is 0 Å². The summed E-state index contributed by atoms with van der Waals surface area (Å²) in [5.41, 5.74) is 18.2. The van der Waals surface area contributed by atoms with Crippen molar-refractivity contribution in [1.82, 2.24) is 9.97 Å². The SMILES string of the molecule is CC1=CC(C)(C)CC(C)=C1c1ccc2c(c1)c1cc(-c3c(C)cc(C)cc3C)ccc1c1nc(-c3cccc(-c4ccc5sc6ccccc6c5c4)c3)cnc21. The van der Waals surface area contributed by atoms with E-state index in [9.17, 15) is 0 Å². The van der Waals surface area contributed by atoms with E-state index in [4.69, 9.17) is 9.97 Å². The highest BCUT2D eigenvalue weighted by Gasteiger charge is 2.25. The Balaban J connectivity index is 1.17. The summed E-state index contributed by atoms with van der Waals surface area (Å²) in [6, 6.07) is 42.9. The van der Waals surface area contributed by atoms with Crippen LogP contribution in [0.25, 0.3) is 91.8 Å². The second kappa shape index (κ2) is 12.8. The average molecular weight is 741 g/mol. The summed E-state index contributed by atoms with van der Waals surface area (Å²) in [7, 11) is 0. The number of rotatable bonds is 4. The van der Waals surface area contributed by atoms with E-state index in [-0.39, 0.29) is 5.41 Å². The maximum absolute atomic E-state index is 5.46. The summed E-state index contributed by atoms with van der Waals surface area (Å²) < 4.78 is 2.64. The second-order valence-electron chi connectivity index (χ2n) is 16.8. The molecule has 0 N–H and O–H groups in total. The van der Waals surface area contributed by atoms with Crippen LogP contribution in [0.4, 0.5) is 0 Å². The summed E-state index contributed by atoms with van der Waals surface area (Å²) in [6.45, 7) is 15.9. The molecular formula is C53H44N2S. The van der Waals surface area contributed by atoms with Crippen LogP contribution in [0.2, 0.25) is 0 Å². The Hall–Kier alpha value is -5.90. The van der Waals surface area contributed by atoms with Crippen molar-refractivity contribution in [3.63, 3.8) is 0 Å². The van der Waals surface area contributed by atoms with E-state index in [2.05, 4.69) is 170 Å². The first-order chi connectivity index (χ1) is 27.0. The third kappa shape index (κ3) is 5.68. The van der Waals surface area contributed by atoms with Gasteiger partial charge in [0.1, 0.15) is 0 Å². The van der Waals surface area contributed by atoms with E-state index in [1.165, 1.54) is 92.2 Å². The Kier molecular flexibility index (Phi) is 7.92. The van der Waals surface area contributed by atoms with Gasteiger partial charge in [-0.15, -0.1) is 11.3 Å². The molecule has 2 aromatic heterocycles. The maximum Gasteiger partial charge on any atom is 0.0979 e. The van der Waals surface area contributed by atoms with Gasteiger partial charge in [-0.2, -0.15) is 0 Å². The third-order valence-corrected chi connectivity index (χ3v) is 13.0. The number of hydrogen-bond acceptors (Lipinski definition) is 3. The van der Waals surface area contributed by atoms with Gasteiger partial charge in [0.25, 0.3) is 0 Å². The van der Waals surface area contributed by atoms with Crippen LogP contribution in [0.1, 0.15) is 56.4 Å². The fraction of sp³-hybridized carbons (Fsp3) is 0.170. The number of nitrogens with zero attached hydrogens (tertiary/aromatic N) is 2. The van der Waals surface area contributed by atoms with Crippen LogP contribution < -0.4 is 0 Å². The molecule has 3 heteroatoms. The van der Waals surface area contributed by atoms with Gasteiger partial charge in [-0.3, -0.25) is 4.98 Å². The number of thiophene rings is 1. The summed E-state index contributed by atoms with van der Waals surface area (Å²) in [6.07, 6.45) is 5.47. The minimum absolute atomic E-state index is 0.162. The molecule has 0 radical (unpaired) electrons. The highest BCUT2D eigenvalue weighted by Crippen LogP contribution is 2.44. The van der Waals surface area contributed by atoms with Crippen LogP contribution >= 0.6 is 11.3 Å². The predicted octanol–water partition coefficient (Wildman–Crippen LogP) is 15.4. The Bertz CT molecular complexity index is 3170. The first-order valence-electron chi connectivity index (χ1n) is 19.7. The van der Waals surface area contributed by atoms with Crippen LogP contribution in [-0.4, -0.2) is 9.97 Å². The molecule has 0 spiro atoms. The summed E-state index contributed by atoms with van der Waals surface area (Å²) in [5, 5.41) is 7.30. The maximum atomic E-state index is 5.46. The van der Waals surface area contributed by atoms with Gasteiger partial charge in [0.05, 0.1) is 22.9 Å². The monoisotopic (exact) mass is 740 g/mol. The zero-order valence-electron chi connectivity index (χ0n) is 33.1. The minimum atomic E-state index is 0.162. The molecule has 0 amide bonds. The number of allylic oxidation sites excluding steroid dienone is 4. The lowest BCUT2D eigenvalue weighted by Gasteiger charge is -2.30. The Labute approximate surface area is 332 Å². The molecule has 7 aromatic carbocycles. The van der Waals surface area contributed by atoms with Crippen LogP contribution in [0, 0.1) is 26.2 Å². The highest BCUT2D eigenvalue weighted by atomic mass is 32.1. The van der Waals surface area contributed by atoms with Crippen molar-refractivity contribution in [2.45, 2.75) is 54.9 Å². The van der Waals surface area contributed by atoms with Crippen molar-refractivity contribution in [3.05, 3.63) is 161 Å². The minimum Gasteiger partial charge on any atom is -0.252 e. The Morgan fingerprint density at radius 2 is 1.18 bits per heavy atom. The molecule has 0 saturated carbocycles. The molecule has 0 aliphatic heterocycles. The molecule has 0 unspecified atom stereocenters. The molecule has 1 aliphatic rings. The van der Waals surface area contributed by atoms with Gasteiger partial charge >= 0.3 is 0 Å². The fourth-order valence-electron chi connectivity index (χ4n) is 9.86. The lowest BCUT2D eigenvalue weighted by Crippen LogP contribution is -2.14. The molecule has 10 rings (SSSR count). The molecule has 0 fully saturated rings. The first kappa shape index (κ1) is 34.6. The molecule has 2 heterocycles. The predicted molar refractivity (Wildman–Crippen MR) is 243 cm³/mol. The van der Waals surface area contributed by atoms with Crippen LogP contribution in [-0.2, 0) is 0 Å². The molecule has 9 aromatic rings. The number of aryl methyl sites for hydroxylation is 3. The van der Waals surface area contributed by atoms with E-state index in [1.807, 2.05) is 17.5 Å². The molecule has 0 atom stereocenters. The van der Waals surface area contributed by atoms with Gasteiger partial charge < -0.3 is 0 Å². The lowest BCUT2D eigenvalue weighted by atomic mass is 9.75. The Morgan fingerprint density at radius 3 is 1.96 bits per heavy atom. The lowest BCUT2D eigenvalue weighted by molar-refractivity contribution is 0.468. The topological polar surface area (TPSA) is 25.8 Å². The fourth-order valence-corrected chi connectivity index (χ4v) is 10.9. The van der Waals surface area contributed by atoms with E-state index in [0.29, 0.717) is 0 Å². The molecule has 56 heavy (non-hydrogen) atoms. The van der Waals surface area contributed by atoms with Gasteiger partial charge in [-0.05, 0) is 144 Å². The van der Waals surface area contributed by atoms with Crippen molar-refractivity contribution >= 4 is 69.7 Å². The summed E-state index contributed by atoms with van der Waals surface area (Å²) >= 11 is 1.85. The zero-order chi connectivity index (χ0) is 38.5. The number of aromatic nitrogens is 2. The molecule has 0 bridgehead atoms. The quantitative estimate of drug-likeness (QED) is 0.168. The zero-order valence-corrected chi connectivity index (χ0v) is 34.0. The van der Waals surface area contributed by atoms with E-state index in [1.54, 1.807) is 0 Å². The highest BCUT2D eigenvalue weighted by molar-refractivity contribution is 7.25. The van der Waals surface area contributed by atoms with Gasteiger partial charge in [0.2, 0.25) is 0 Å². The van der Waals surface area contributed by atoms with Crippen molar-refractivity contribution in [1.29, 1.82) is 0 Å². The van der Waals surface area contributed by atoms with E-state index >= 15 is 0 Å². The number of fused-ring (bicyclic) bond motifs is 9. The van der Waals surface area contributed by atoms with Gasteiger partial charge in [-0.1, -0.05) is 110 Å². The van der Waals surface area contributed by atoms with E-state index < -0.39 is 0 Å². The third-order valence-electron chi connectivity index (χ3n) is 11.9. The van der Waals surface area contributed by atoms with Crippen molar-refractivity contribution in [2.75, 3.05) is 0 Å². The van der Waals surface area contributed by atoms with E-state index in [0.717, 1.165) is 39.5 Å². The van der Waals surface area contributed by atoms with Gasteiger partial charge in [-0.25, -0.2) is 4.98 Å². The molecule has 272 valence electrons. The van der Waals surface area contributed by atoms with Crippen molar-refractivity contribution in [2.24, 2.45) is 5.41 Å². The number of hydrogen-bond donors (Lipinski definition) is 0. The molecular weight excluding hydrogens is 697 g/mol. The average Bonchev–Trinajstić information content (AvgIpc) is 3.55. The molecule has 1 aliphatic carbocycles. The first-order valence-corrected chi connectivity index (χ1v) is 20.5. The van der Waals surface area contributed by atoms with Crippen molar-refractivity contribution < 1.29 is 0 Å². The van der Waals surface area contributed by atoms with Crippen LogP contribution in [0.3, 0.4) is 0 Å². The summed E-state index contributed by atoms with van der Waals surface area (Å²) in [4.78, 5) is 10.7. The molecule has 2 nitrogen and oxygen atoms in total. The van der Waals surface area contributed by atoms with Gasteiger partial charge in [0, 0.05) is 36.5 Å². The smallest absolute Gasteiger partial charge is 0.0979 e.